The number of hydrogen-bond acceptors (Lipinski definition) is 3. The Kier molecular flexibility index (Phi) is 6.36. The van der Waals surface area contributed by atoms with Crippen molar-refractivity contribution < 1.29 is 14.6 Å². The molecule has 0 saturated heterocycles. The van der Waals surface area contributed by atoms with Gasteiger partial charge in [0.25, 0.3) is 5.91 Å². The second kappa shape index (κ2) is 7.79. The summed E-state index contributed by atoms with van der Waals surface area (Å²) in [4.78, 5) is 11.7. The van der Waals surface area contributed by atoms with Crippen LogP contribution in [0.25, 0.3) is 0 Å². The minimum absolute atomic E-state index is 0.0275. The molecule has 0 spiro atoms. The fraction of sp³-hybridized carbons (Fsp3) is 0.533. The van der Waals surface area contributed by atoms with Crippen LogP contribution in [0.1, 0.15) is 38.7 Å². The number of hydrogen-bond donors (Lipinski definition) is 2. The lowest BCUT2D eigenvalue weighted by molar-refractivity contribution is -0.124. The SMILES string of the molecule is CC[C@@H](CO)NC(=O)COc1ccccc1C(C)C. The van der Waals surface area contributed by atoms with E-state index in [4.69, 9.17) is 9.84 Å². The average Bonchev–Trinajstić information content (AvgIpc) is 2.42. The van der Waals surface area contributed by atoms with Crippen LogP contribution in [-0.2, 0) is 4.79 Å². The van der Waals surface area contributed by atoms with Gasteiger partial charge >= 0.3 is 0 Å². The molecule has 19 heavy (non-hydrogen) atoms. The highest BCUT2D eigenvalue weighted by atomic mass is 16.5. The molecule has 0 fully saturated rings. The Bertz CT molecular complexity index is 400. The normalized spacial score (nSPS) is 12.3. The minimum Gasteiger partial charge on any atom is -0.483 e. The smallest absolute Gasteiger partial charge is 0.258 e. The van der Waals surface area contributed by atoms with E-state index in [0.29, 0.717) is 12.3 Å². The topological polar surface area (TPSA) is 58.6 Å². The Morgan fingerprint density at radius 2 is 2.05 bits per heavy atom. The molecule has 0 unspecified atom stereocenters. The Balaban J connectivity index is 2.55. The van der Waals surface area contributed by atoms with Crippen molar-refractivity contribution in [2.75, 3.05) is 13.2 Å². The molecule has 106 valence electrons. The number of carbonyl (C=O) groups is 1. The van der Waals surface area contributed by atoms with E-state index in [-0.39, 0.29) is 25.2 Å². The second-order valence-electron chi connectivity index (χ2n) is 4.84. The van der Waals surface area contributed by atoms with E-state index in [1.807, 2.05) is 31.2 Å². The van der Waals surface area contributed by atoms with Crippen molar-refractivity contribution in [1.29, 1.82) is 0 Å². The lowest BCUT2D eigenvalue weighted by atomic mass is 10.0. The Hall–Kier alpha value is -1.55. The van der Waals surface area contributed by atoms with Gasteiger partial charge in [-0.1, -0.05) is 39.0 Å². The Morgan fingerprint density at radius 3 is 2.63 bits per heavy atom. The van der Waals surface area contributed by atoms with Crippen LogP contribution in [0.15, 0.2) is 24.3 Å². The fourth-order valence-electron chi connectivity index (χ4n) is 1.78. The standard InChI is InChI=1S/C15H23NO3/c1-4-12(9-17)16-15(18)10-19-14-8-6-5-7-13(14)11(2)3/h5-8,11-12,17H,4,9-10H2,1-3H3,(H,16,18)/t12-/m0/s1. The summed E-state index contributed by atoms with van der Waals surface area (Å²) in [6, 6.07) is 7.52. The van der Waals surface area contributed by atoms with E-state index in [2.05, 4.69) is 19.2 Å². The highest BCUT2D eigenvalue weighted by Crippen LogP contribution is 2.25. The van der Waals surface area contributed by atoms with Crippen LogP contribution in [0.4, 0.5) is 0 Å². The molecule has 0 aromatic heterocycles. The lowest BCUT2D eigenvalue weighted by Gasteiger charge is -2.16. The van der Waals surface area contributed by atoms with Crippen LogP contribution in [0.5, 0.6) is 5.75 Å². The summed E-state index contributed by atoms with van der Waals surface area (Å²) in [6.07, 6.45) is 0.699. The van der Waals surface area contributed by atoms with Crippen LogP contribution in [-0.4, -0.2) is 30.3 Å². The van der Waals surface area contributed by atoms with Crippen molar-refractivity contribution in [3.63, 3.8) is 0 Å². The zero-order chi connectivity index (χ0) is 14.3. The monoisotopic (exact) mass is 265 g/mol. The van der Waals surface area contributed by atoms with Crippen molar-refractivity contribution in [1.82, 2.24) is 5.32 Å². The van der Waals surface area contributed by atoms with E-state index in [0.717, 1.165) is 11.3 Å². The molecular weight excluding hydrogens is 242 g/mol. The maximum Gasteiger partial charge on any atom is 0.258 e. The second-order valence-corrected chi connectivity index (χ2v) is 4.84. The van der Waals surface area contributed by atoms with Crippen molar-refractivity contribution in [3.8, 4) is 5.75 Å². The average molecular weight is 265 g/mol. The van der Waals surface area contributed by atoms with Gasteiger partial charge in [0.05, 0.1) is 12.6 Å². The van der Waals surface area contributed by atoms with Crippen LogP contribution < -0.4 is 10.1 Å². The maximum absolute atomic E-state index is 11.7. The number of benzene rings is 1. The molecule has 1 aromatic rings. The number of para-hydroxylation sites is 1. The van der Waals surface area contributed by atoms with Gasteiger partial charge in [0.2, 0.25) is 0 Å². The molecule has 0 aliphatic carbocycles. The zero-order valence-electron chi connectivity index (χ0n) is 11.8. The van der Waals surface area contributed by atoms with E-state index >= 15 is 0 Å². The van der Waals surface area contributed by atoms with Crippen LogP contribution in [0, 0.1) is 0 Å². The molecule has 2 N–H and O–H groups in total. The van der Waals surface area contributed by atoms with Gasteiger partial charge in [0, 0.05) is 0 Å². The molecule has 4 nitrogen and oxygen atoms in total. The van der Waals surface area contributed by atoms with Crippen molar-refractivity contribution in [2.24, 2.45) is 0 Å². The lowest BCUT2D eigenvalue weighted by Crippen LogP contribution is -2.39. The molecule has 0 bridgehead atoms. The number of ether oxygens (including phenoxy) is 1. The predicted molar refractivity (Wildman–Crippen MR) is 75.3 cm³/mol. The predicted octanol–water partition coefficient (Wildman–Crippen LogP) is 2.08. The molecule has 0 saturated carbocycles. The molecule has 0 aliphatic heterocycles. The summed E-state index contributed by atoms with van der Waals surface area (Å²) in [5.74, 6) is 0.879. The third kappa shape index (κ3) is 4.91. The molecule has 4 heteroatoms. The number of aliphatic hydroxyl groups excluding tert-OH is 1. The first-order valence-corrected chi connectivity index (χ1v) is 6.70. The van der Waals surface area contributed by atoms with Crippen LogP contribution >= 0.6 is 0 Å². The molecule has 0 radical (unpaired) electrons. The van der Waals surface area contributed by atoms with Crippen LogP contribution in [0.3, 0.4) is 0 Å². The summed E-state index contributed by atoms with van der Waals surface area (Å²) in [5, 5.41) is 11.7. The zero-order valence-corrected chi connectivity index (χ0v) is 11.8. The van der Waals surface area contributed by atoms with Gasteiger partial charge in [-0.05, 0) is 24.0 Å². The molecule has 1 atom stereocenters. The number of amides is 1. The summed E-state index contributed by atoms with van der Waals surface area (Å²) in [7, 11) is 0. The van der Waals surface area contributed by atoms with Crippen LogP contribution in [0.2, 0.25) is 0 Å². The largest absolute Gasteiger partial charge is 0.483 e. The molecular formula is C15H23NO3. The highest BCUT2D eigenvalue weighted by Gasteiger charge is 2.11. The summed E-state index contributed by atoms with van der Waals surface area (Å²) in [6.45, 7) is 6.00. The quantitative estimate of drug-likeness (QED) is 0.793. The molecule has 0 aliphatic rings. The van der Waals surface area contributed by atoms with E-state index < -0.39 is 0 Å². The van der Waals surface area contributed by atoms with E-state index in [1.165, 1.54) is 0 Å². The highest BCUT2D eigenvalue weighted by molar-refractivity contribution is 5.77. The third-order valence-corrected chi connectivity index (χ3v) is 2.98. The van der Waals surface area contributed by atoms with E-state index in [1.54, 1.807) is 0 Å². The van der Waals surface area contributed by atoms with Gasteiger partial charge in [0.15, 0.2) is 6.61 Å². The van der Waals surface area contributed by atoms with Gasteiger partial charge in [0.1, 0.15) is 5.75 Å². The van der Waals surface area contributed by atoms with Crippen molar-refractivity contribution >= 4 is 5.91 Å². The molecule has 1 amide bonds. The van der Waals surface area contributed by atoms with Gasteiger partial charge in [-0.2, -0.15) is 0 Å². The number of carbonyl (C=O) groups excluding carboxylic acids is 1. The van der Waals surface area contributed by atoms with Gasteiger partial charge in [-0.25, -0.2) is 0 Å². The molecule has 0 heterocycles. The minimum atomic E-state index is -0.209. The number of rotatable bonds is 7. The first kappa shape index (κ1) is 15.5. The Labute approximate surface area is 114 Å². The third-order valence-electron chi connectivity index (χ3n) is 2.98. The summed E-state index contributed by atoms with van der Waals surface area (Å²) < 4.78 is 5.56. The summed E-state index contributed by atoms with van der Waals surface area (Å²) in [5.41, 5.74) is 1.09. The van der Waals surface area contributed by atoms with Gasteiger partial charge in [-0.15, -0.1) is 0 Å². The van der Waals surface area contributed by atoms with Crippen molar-refractivity contribution in [2.45, 2.75) is 39.2 Å². The molecule has 1 aromatic carbocycles. The van der Waals surface area contributed by atoms with Gasteiger partial charge < -0.3 is 15.2 Å². The van der Waals surface area contributed by atoms with Gasteiger partial charge in [-0.3, -0.25) is 4.79 Å². The summed E-state index contributed by atoms with van der Waals surface area (Å²) >= 11 is 0. The van der Waals surface area contributed by atoms with Crippen molar-refractivity contribution in [3.05, 3.63) is 29.8 Å². The van der Waals surface area contributed by atoms with E-state index in [9.17, 15) is 4.79 Å². The maximum atomic E-state index is 11.7. The first-order valence-electron chi connectivity index (χ1n) is 6.70. The first-order chi connectivity index (χ1) is 9.08. The number of aliphatic hydroxyl groups is 1. The number of nitrogens with one attached hydrogen (secondary N) is 1. The Morgan fingerprint density at radius 1 is 1.37 bits per heavy atom. The fourth-order valence-corrected chi connectivity index (χ4v) is 1.78. The molecule has 1 rings (SSSR count).